The Labute approximate surface area is 153 Å². The summed E-state index contributed by atoms with van der Waals surface area (Å²) >= 11 is 0. The van der Waals surface area contributed by atoms with Crippen molar-refractivity contribution in [3.8, 4) is 11.9 Å². The van der Waals surface area contributed by atoms with Crippen LogP contribution < -0.4 is 0 Å². The van der Waals surface area contributed by atoms with Gasteiger partial charge < -0.3 is 4.90 Å². The van der Waals surface area contributed by atoms with Gasteiger partial charge in [0.2, 0.25) is 0 Å². The van der Waals surface area contributed by atoms with Crippen LogP contribution in [0.5, 0.6) is 0 Å². The van der Waals surface area contributed by atoms with Gasteiger partial charge in [0, 0.05) is 43.7 Å². The third-order valence-electron chi connectivity index (χ3n) is 4.65. The molecule has 0 spiro atoms. The predicted octanol–water partition coefficient (Wildman–Crippen LogP) is 3.16. The molecule has 0 saturated carbocycles. The van der Waals surface area contributed by atoms with Crippen LogP contribution in [0.1, 0.15) is 28.8 Å². The van der Waals surface area contributed by atoms with Crippen molar-refractivity contribution >= 4 is 16.8 Å². The van der Waals surface area contributed by atoms with Gasteiger partial charge in [-0.2, -0.15) is 10.4 Å². The molecule has 0 aliphatic carbocycles. The van der Waals surface area contributed by atoms with Gasteiger partial charge in [-0.1, -0.05) is 0 Å². The van der Waals surface area contributed by atoms with Crippen molar-refractivity contribution in [2.24, 2.45) is 0 Å². The quantitative estimate of drug-likeness (QED) is 0.697. The molecular weight excluding hydrogens is 352 g/mol. The number of aromatic nitrogens is 3. The smallest absolute Gasteiger partial charge is 0.255 e. The summed E-state index contributed by atoms with van der Waals surface area (Å²) in [6.45, 7) is 0.0821. The highest BCUT2D eigenvalue weighted by Crippen LogP contribution is 2.28. The summed E-state index contributed by atoms with van der Waals surface area (Å²) in [4.78, 5) is 18.2. The van der Waals surface area contributed by atoms with E-state index in [-0.39, 0.29) is 31.8 Å². The van der Waals surface area contributed by atoms with Crippen LogP contribution >= 0.6 is 0 Å². The molecule has 4 rings (SSSR count). The first kappa shape index (κ1) is 17.1. The fourth-order valence-corrected chi connectivity index (χ4v) is 3.08. The van der Waals surface area contributed by atoms with Crippen molar-refractivity contribution in [3.05, 3.63) is 53.9 Å². The molecule has 1 aliphatic rings. The lowest BCUT2D eigenvalue weighted by atomic mass is 10.1. The third-order valence-corrected chi connectivity index (χ3v) is 4.65. The van der Waals surface area contributed by atoms with Gasteiger partial charge in [0.05, 0.1) is 22.7 Å². The minimum Gasteiger partial charge on any atom is -0.338 e. The Kier molecular flexibility index (Phi) is 4.07. The molecule has 6 nitrogen and oxygen atoms in total. The maximum Gasteiger partial charge on any atom is 0.255 e. The number of benzene rings is 1. The van der Waals surface area contributed by atoms with Crippen LogP contribution in [0.4, 0.5) is 8.78 Å². The topological polar surface area (TPSA) is 74.8 Å². The molecule has 136 valence electrons. The Morgan fingerprint density at radius 3 is 2.63 bits per heavy atom. The predicted molar refractivity (Wildman–Crippen MR) is 93.7 cm³/mol. The first-order chi connectivity index (χ1) is 12.9. The van der Waals surface area contributed by atoms with E-state index < -0.39 is 5.92 Å². The standard InChI is InChI=1S/C19H15F2N5O/c20-19(21)5-7-25(8-6-19)18(27)14-2-4-17(23-11-14)26-12-15-9-13(10-22)1-3-16(15)24-26/h1-4,9,11-12H,5-8H2. The van der Waals surface area contributed by atoms with Gasteiger partial charge in [0.1, 0.15) is 0 Å². The molecule has 0 atom stereocenters. The summed E-state index contributed by atoms with van der Waals surface area (Å²) in [5.41, 5.74) is 1.63. The van der Waals surface area contributed by atoms with Crippen molar-refractivity contribution in [2.45, 2.75) is 18.8 Å². The second-order valence-electron chi connectivity index (χ2n) is 6.51. The fourth-order valence-electron chi connectivity index (χ4n) is 3.08. The number of amides is 1. The summed E-state index contributed by atoms with van der Waals surface area (Å²) in [5.74, 6) is -2.47. The van der Waals surface area contributed by atoms with Crippen LogP contribution in [-0.4, -0.2) is 44.6 Å². The first-order valence-corrected chi connectivity index (χ1v) is 8.48. The Morgan fingerprint density at radius 1 is 1.19 bits per heavy atom. The average molecular weight is 367 g/mol. The highest BCUT2D eigenvalue weighted by atomic mass is 19.3. The maximum absolute atomic E-state index is 13.2. The number of pyridine rings is 1. The minimum absolute atomic E-state index is 0.0410. The molecule has 0 radical (unpaired) electrons. The molecule has 8 heteroatoms. The number of hydrogen-bond acceptors (Lipinski definition) is 4. The van der Waals surface area contributed by atoms with Gasteiger partial charge in [0.25, 0.3) is 11.8 Å². The summed E-state index contributed by atoms with van der Waals surface area (Å²) in [6, 6.07) is 10.5. The Bertz CT molecular complexity index is 1040. The van der Waals surface area contributed by atoms with Gasteiger partial charge in [0.15, 0.2) is 5.82 Å². The first-order valence-electron chi connectivity index (χ1n) is 8.48. The zero-order chi connectivity index (χ0) is 19.0. The molecule has 1 fully saturated rings. The second kappa shape index (κ2) is 6.43. The number of piperidine rings is 1. The normalized spacial score (nSPS) is 16.3. The Balaban J connectivity index is 1.54. The Hall–Kier alpha value is -3.34. The number of halogens is 2. The lowest BCUT2D eigenvalue weighted by Crippen LogP contribution is -2.42. The molecular formula is C19H15F2N5O. The molecule has 1 aromatic carbocycles. The van der Waals surface area contributed by atoms with Crippen molar-refractivity contribution in [1.82, 2.24) is 19.7 Å². The summed E-state index contributed by atoms with van der Waals surface area (Å²) < 4.78 is 28.1. The molecule has 1 saturated heterocycles. The molecule has 3 aromatic rings. The van der Waals surface area contributed by atoms with Crippen LogP contribution in [0.15, 0.2) is 42.7 Å². The number of carbonyl (C=O) groups excluding carboxylic acids is 1. The van der Waals surface area contributed by atoms with Crippen molar-refractivity contribution < 1.29 is 13.6 Å². The van der Waals surface area contributed by atoms with Crippen LogP contribution in [-0.2, 0) is 0 Å². The van der Waals surface area contributed by atoms with Crippen LogP contribution in [0.25, 0.3) is 16.7 Å². The number of carbonyl (C=O) groups is 1. The SMILES string of the molecule is N#Cc1ccc2nn(-c3ccc(C(=O)N4CCC(F)(F)CC4)cn3)cc2c1. The van der Waals surface area contributed by atoms with Crippen LogP contribution in [0, 0.1) is 11.3 Å². The van der Waals surface area contributed by atoms with E-state index in [1.54, 1.807) is 41.2 Å². The number of likely N-dealkylation sites (tertiary alicyclic amines) is 1. The number of fused-ring (bicyclic) bond motifs is 1. The highest BCUT2D eigenvalue weighted by molar-refractivity contribution is 5.94. The van der Waals surface area contributed by atoms with E-state index in [0.717, 1.165) is 10.9 Å². The van der Waals surface area contributed by atoms with Crippen LogP contribution in [0.3, 0.4) is 0 Å². The summed E-state index contributed by atoms with van der Waals surface area (Å²) in [5, 5.41) is 14.2. The van der Waals surface area contributed by atoms with E-state index in [1.165, 1.54) is 11.1 Å². The monoisotopic (exact) mass is 367 g/mol. The van der Waals surface area contributed by atoms with Gasteiger partial charge in [-0.3, -0.25) is 4.79 Å². The second-order valence-corrected chi connectivity index (χ2v) is 6.51. The largest absolute Gasteiger partial charge is 0.338 e. The number of nitriles is 1. The number of hydrogen-bond donors (Lipinski definition) is 0. The molecule has 0 bridgehead atoms. The number of rotatable bonds is 2. The lowest BCUT2D eigenvalue weighted by Gasteiger charge is -2.31. The third kappa shape index (κ3) is 3.36. The molecule has 0 N–H and O–H groups in total. The maximum atomic E-state index is 13.2. The molecule has 1 aliphatic heterocycles. The molecule has 3 heterocycles. The Morgan fingerprint density at radius 2 is 1.96 bits per heavy atom. The van der Waals surface area contributed by atoms with Crippen molar-refractivity contribution in [3.63, 3.8) is 0 Å². The van der Waals surface area contributed by atoms with Gasteiger partial charge >= 0.3 is 0 Å². The minimum atomic E-state index is -2.69. The number of nitrogens with zero attached hydrogens (tertiary/aromatic N) is 5. The van der Waals surface area contributed by atoms with Gasteiger partial charge in [-0.05, 0) is 30.3 Å². The molecule has 2 aromatic heterocycles. The van der Waals surface area contributed by atoms with Gasteiger partial charge in [-0.25, -0.2) is 18.4 Å². The van der Waals surface area contributed by atoms with E-state index in [9.17, 15) is 13.6 Å². The fraction of sp³-hybridized carbons (Fsp3) is 0.263. The van der Waals surface area contributed by atoms with Crippen molar-refractivity contribution in [2.75, 3.05) is 13.1 Å². The zero-order valence-electron chi connectivity index (χ0n) is 14.3. The van der Waals surface area contributed by atoms with E-state index in [4.69, 9.17) is 5.26 Å². The summed E-state index contributed by atoms with van der Waals surface area (Å²) in [7, 11) is 0. The average Bonchev–Trinajstić information content (AvgIpc) is 3.10. The molecule has 0 unspecified atom stereocenters. The van der Waals surface area contributed by atoms with E-state index in [2.05, 4.69) is 16.2 Å². The van der Waals surface area contributed by atoms with E-state index in [0.29, 0.717) is 16.9 Å². The highest BCUT2D eigenvalue weighted by Gasteiger charge is 2.35. The van der Waals surface area contributed by atoms with Gasteiger partial charge in [-0.15, -0.1) is 0 Å². The molecule has 27 heavy (non-hydrogen) atoms. The zero-order valence-corrected chi connectivity index (χ0v) is 14.3. The van der Waals surface area contributed by atoms with Crippen molar-refractivity contribution in [1.29, 1.82) is 5.26 Å². The van der Waals surface area contributed by atoms with E-state index >= 15 is 0 Å². The summed E-state index contributed by atoms with van der Waals surface area (Å²) in [6.07, 6.45) is 2.56. The van der Waals surface area contributed by atoms with E-state index in [1.807, 2.05) is 0 Å². The lowest BCUT2D eigenvalue weighted by molar-refractivity contribution is -0.0494. The molecule has 1 amide bonds. The van der Waals surface area contributed by atoms with Crippen LogP contribution in [0.2, 0.25) is 0 Å². The number of alkyl halides is 2.